The van der Waals surface area contributed by atoms with Crippen LogP contribution in [0.1, 0.15) is 23.7 Å². The summed E-state index contributed by atoms with van der Waals surface area (Å²) < 4.78 is 11.9. The number of pyridine rings is 1. The van der Waals surface area contributed by atoms with Gasteiger partial charge in [0.2, 0.25) is 0 Å². The molecule has 0 aliphatic rings. The molecular formula is C25H23NO2. The molecule has 28 heavy (non-hydrogen) atoms. The van der Waals surface area contributed by atoms with Crippen LogP contribution >= 0.6 is 0 Å². The topological polar surface area (TPSA) is 31.4 Å². The average Bonchev–Trinajstić information content (AvgIpc) is 2.76. The fraction of sp³-hybridized carbons (Fsp3) is 0.160. The van der Waals surface area contributed by atoms with E-state index in [2.05, 4.69) is 42.2 Å². The van der Waals surface area contributed by atoms with E-state index in [1.165, 1.54) is 11.1 Å². The Balaban J connectivity index is 1.40. The van der Waals surface area contributed by atoms with Gasteiger partial charge in [0.05, 0.1) is 11.2 Å². The fourth-order valence-corrected chi connectivity index (χ4v) is 3.20. The summed E-state index contributed by atoms with van der Waals surface area (Å²) in [5.74, 6) is 1.58. The quantitative estimate of drug-likeness (QED) is 0.403. The molecule has 0 unspecified atom stereocenters. The lowest BCUT2D eigenvalue weighted by molar-refractivity contribution is 0.287. The van der Waals surface area contributed by atoms with Crippen molar-refractivity contribution in [2.24, 2.45) is 0 Å². The third kappa shape index (κ3) is 4.32. The van der Waals surface area contributed by atoms with Crippen molar-refractivity contribution in [2.45, 2.75) is 26.6 Å². The van der Waals surface area contributed by atoms with Crippen LogP contribution in [-0.4, -0.2) is 4.98 Å². The summed E-state index contributed by atoms with van der Waals surface area (Å²) in [6.45, 7) is 3.14. The number of nitrogens with zero attached hydrogens (tertiary/aromatic N) is 1. The van der Waals surface area contributed by atoms with Gasteiger partial charge < -0.3 is 9.47 Å². The first-order valence-electron chi connectivity index (χ1n) is 9.59. The standard InChI is InChI=1S/C25H23NO2/c1-2-19-8-3-4-10-21(19)17-27-23-11-7-12-24(16-23)28-18-22-15-14-20-9-5-6-13-25(20)26-22/h3-16H,2,17-18H2,1H3. The molecule has 3 heteroatoms. The molecule has 0 atom stereocenters. The summed E-state index contributed by atoms with van der Waals surface area (Å²) in [5.41, 5.74) is 4.42. The zero-order chi connectivity index (χ0) is 19.2. The van der Waals surface area contributed by atoms with Crippen LogP contribution in [0, 0.1) is 0 Å². The van der Waals surface area contributed by atoms with Gasteiger partial charge in [-0.05, 0) is 41.8 Å². The van der Waals surface area contributed by atoms with Gasteiger partial charge in [-0.15, -0.1) is 0 Å². The van der Waals surface area contributed by atoms with Crippen molar-refractivity contribution < 1.29 is 9.47 Å². The molecular weight excluding hydrogens is 346 g/mol. The largest absolute Gasteiger partial charge is 0.489 e. The highest BCUT2D eigenvalue weighted by molar-refractivity contribution is 5.78. The van der Waals surface area contributed by atoms with Gasteiger partial charge in [0.25, 0.3) is 0 Å². The highest BCUT2D eigenvalue weighted by Gasteiger charge is 2.04. The molecule has 3 aromatic carbocycles. The van der Waals surface area contributed by atoms with Gasteiger partial charge in [0, 0.05) is 11.5 Å². The van der Waals surface area contributed by atoms with Crippen molar-refractivity contribution in [1.29, 1.82) is 0 Å². The molecule has 0 aliphatic heterocycles. The Morgan fingerprint density at radius 1 is 0.679 bits per heavy atom. The fourth-order valence-electron chi connectivity index (χ4n) is 3.20. The molecule has 0 bridgehead atoms. The van der Waals surface area contributed by atoms with Crippen LogP contribution in [0.15, 0.2) is 84.9 Å². The van der Waals surface area contributed by atoms with E-state index in [9.17, 15) is 0 Å². The van der Waals surface area contributed by atoms with Crippen molar-refractivity contribution in [3.05, 3.63) is 102 Å². The highest BCUT2D eigenvalue weighted by Crippen LogP contribution is 2.22. The van der Waals surface area contributed by atoms with Gasteiger partial charge in [-0.2, -0.15) is 0 Å². The highest BCUT2D eigenvalue weighted by atomic mass is 16.5. The summed E-state index contributed by atoms with van der Waals surface area (Å²) in [7, 11) is 0. The molecule has 1 heterocycles. The zero-order valence-corrected chi connectivity index (χ0v) is 16.0. The molecule has 0 N–H and O–H groups in total. The number of benzene rings is 3. The monoisotopic (exact) mass is 369 g/mol. The van der Waals surface area contributed by atoms with Crippen molar-refractivity contribution in [2.75, 3.05) is 0 Å². The molecule has 0 amide bonds. The first kappa shape index (κ1) is 18.1. The molecule has 0 spiro atoms. The van der Waals surface area contributed by atoms with Gasteiger partial charge in [-0.25, -0.2) is 4.98 Å². The second-order valence-electron chi connectivity index (χ2n) is 6.67. The SMILES string of the molecule is CCc1ccccc1COc1cccc(OCc2ccc3ccccc3n2)c1. The van der Waals surface area contributed by atoms with Gasteiger partial charge in [0.15, 0.2) is 0 Å². The molecule has 0 radical (unpaired) electrons. The normalized spacial score (nSPS) is 10.8. The summed E-state index contributed by atoms with van der Waals surface area (Å²) >= 11 is 0. The van der Waals surface area contributed by atoms with Crippen LogP contribution in [0.3, 0.4) is 0 Å². The Kier molecular flexibility index (Phi) is 5.53. The average molecular weight is 369 g/mol. The van der Waals surface area contributed by atoms with Gasteiger partial charge in [0.1, 0.15) is 24.7 Å². The maximum atomic E-state index is 5.99. The number of aromatic nitrogens is 1. The van der Waals surface area contributed by atoms with Crippen LogP contribution in [0.2, 0.25) is 0 Å². The minimum absolute atomic E-state index is 0.424. The van der Waals surface area contributed by atoms with Crippen LogP contribution in [0.5, 0.6) is 11.5 Å². The zero-order valence-electron chi connectivity index (χ0n) is 16.0. The van der Waals surface area contributed by atoms with Gasteiger partial charge in [-0.3, -0.25) is 0 Å². The smallest absolute Gasteiger partial charge is 0.130 e. The minimum atomic E-state index is 0.424. The minimum Gasteiger partial charge on any atom is -0.489 e. The third-order valence-electron chi connectivity index (χ3n) is 4.74. The van der Waals surface area contributed by atoms with Crippen molar-refractivity contribution in [3.63, 3.8) is 0 Å². The van der Waals surface area contributed by atoms with Crippen LogP contribution < -0.4 is 9.47 Å². The van der Waals surface area contributed by atoms with E-state index in [1.807, 2.05) is 54.6 Å². The number of para-hydroxylation sites is 1. The van der Waals surface area contributed by atoms with Crippen molar-refractivity contribution in [3.8, 4) is 11.5 Å². The van der Waals surface area contributed by atoms with Crippen LogP contribution in [0.4, 0.5) is 0 Å². The Bertz CT molecular complexity index is 1070. The van der Waals surface area contributed by atoms with Crippen LogP contribution in [-0.2, 0) is 19.6 Å². The Morgan fingerprint density at radius 2 is 1.39 bits per heavy atom. The Morgan fingerprint density at radius 3 is 2.21 bits per heavy atom. The molecule has 1 aromatic heterocycles. The molecule has 0 saturated carbocycles. The van der Waals surface area contributed by atoms with Crippen molar-refractivity contribution >= 4 is 10.9 Å². The maximum absolute atomic E-state index is 5.99. The number of hydrogen-bond acceptors (Lipinski definition) is 3. The molecule has 4 aromatic rings. The first-order chi connectivity index (χ1) is 13.8. The molecule has 0 aliphatic carbocycles. The van der Waals surface area contributed by atoms with Crippen molar-refractivity contribution in [1.82, 2.24) is 4.98 Å². The predicted octanol–water partition coefficient (Wildman–Crippen LogP) is 5.96. The van der Waals surface area contributed by atoms with Gasteiger partial charge in [-0.1, -0.05) is 61.5 Å². The van der Waals surface area contributed by atoms with E-state index in [1.54, 1.807) is 0 Å². The number of fused-ring (bicyclic) bond motifs is 1. The number of ether oxygens (including phenoxy) is 2. The number of hydrogen-bond donors (Lipinski definition) is 0. The number of aryl methyl sites for hydroxylation is 1. The lowest BCUT2D eigenvalue weighted by atomic mass is 10.1. The van der Waals surface area contributed by atoms with Gasteiger partial charge >= 0.3 is 0 Å². The van der Waals surface area contributed by atoms with E-state index in [0.717, 1.165) is 34.5 Å². The maximum Gasteiger partial charge on any atom is 0.130 e. The van der Waals surface area contributed by atoms with E-state index in [0.29, 0.717) is 13.2 Å². The summed E-state index contributed by atoms with van der Waals surface area (Å²) in [6.07, 6.45) is 1.00. The molecule has 0 fully saturated rings. The van der Waals surface area contributed by atoms with Crippen LogP contribution in [0.25, 0.3) is 10.9 Å². The van der Waals surface area contributed by atoms with E-state index >= 15 is 0 Å². The molecule has 3 nitrogen and oxygen atoms in total. The summed E-state index contributed by atoms with van der Waals surface area (Å²) in [5, 5.41) is 1.13. The molecule has 0 saturated heterocycles. The predicted molar refractivity (Wildman–Crippen MR) is 113 cm³/mol. The van der Waals surface area contributed by atoms with E-state index in [-0.39, 0.29) is 0 Å². The molecule has 4 rings (SSSR count). The second-order valence-corrected chi connectivity index (χ2v) is 6.67. The lowest BCUT2D eigenvalue weighted by Crippen LogP contribution is -2.01. The Hall–Kier alpha value is -3.33. The number of rotatable bonds is 7. The van der Waals surface area contributed by atoms with E-state index in [4.69, 9.17) is 9.47 Å². The summed E-state index contributed by atoms with van der Waals surface area (Å²) in [4.78, 5) is 4.65. The van der Waals surface area contributed by atoms with E-state index < -0.39 is 0 Å². The molecule has 140 valence electrons. The second kappa shape index (κ2) is 8.57. The summed E-state index contributed by atoms with van der Waals surface area (Å²) in [6, 6.07) is 28.3. The lowest BCUT2D eigenvalue weighted by Gasteiger charge is -2.11. The Labute approximate surface area is 165 Å². The first-order valence-corrected chi connectivity index (χ1v) is 9.59. The third-order valence-corrected chi connectivity index (χ3v) is 4.74.